The predicted molar refractivity (Wildman–Crippen MR) is 84.9 cm³/mol. The average Bonchev–Trinajstić information content (AvgIpc) is 3.01. The van der Waals surface area contributed by atoms with Gasteiger partial charge in [0.15, 0.2) is 0 Å². The molecule has 0 unspecified atom stereocenters. The number of aromatic nitrogens is 2. The summed E-state index contributed by atoms with van der Waals surface area (Å²) in [6, 6.07) is 10.1. The van der Waals surface area contributed by atoms with Gasteiger partial charge in [0, 0.05) is 23.0 Å². The summed E-state index contributed by atoms with van der Waals surface area (Å²) in [6.07, 6.45) is -1.30. The van der Waals surface area contributed by atoms with E-state index in [1.54, 1.807) is 12.4 Å². The minimum atomic E-state index is -4.70. The Hall–Kier alpha value is -2.48. The molecule has 0 bridgehead atoms. The number of benzene rings is 1. The molecular weight excluding hydrogens is 342 g/mol. The molecule has 1 aromatic carbocycles. The van der Waals surface area contributed by atoms with E-state index < -0.39 is 17.6 Å². The Bertz CT molecular complexity index is 831. The number of halogens is 4. The molecule has 0 aliphatic carbocycles. The van der Waals surface area contributed by atoms with Crippen LogP contribution in [0.25, 0.3) is 11.4 Å². The molecule has 8 heteroatoms. The second-order valence-electron chi connectivity index (χ2n) is 4.86. The summed E-state index contributed by atoms with van der Waals surface area (Å²) in [5.74, 6) is -1.31. The number of nitrogens with zero attached hydrogens (tertiary/aromatic N) is 1. The summed E-state index contributed by atoms with van der Waals surface area (Å²) < 4.78 is 53.9. The van der Waals surface area contributed by atoms with Crippen molar-refractivity contribution in [2.24, 2.45) is 0 Å². The molecule has 0 radical (unpaired) electrons. The van der Waals surface area contributed by atoms with E-state index >= 15 is 0 Å². The topological polar surface area (TPSA) is 40.7 Å². The van der Waals surface area contributed by atoms with Crippen LogP contribution in [-0.2, 0) is 6.18 Å². The Morgan fingerprint density at radius 2 is 1.92 bits per heavy atom. The quantitative estimate of drug-likeness (QED) is 0.490. The summed E-state index contributed by atoms with van der Waals surface area (Å²) in [5.41, 5.74) is 0.534. The van der Waals surface area contributed by atoms with Gasteiger partial charge in [-0.25, -0.2) is 4.39 Å². The SMILES string of the molecule is Fc1cc(NSc2c[nH]c(-c3ccccn3)c2)ccc1C(F)(F)F. The van der Waals surface area contributed by atoms with Crippen molar-refractivity contribution in [3.05, 3.63) is 66.2 Å². The fraction of sp³-hybridized carbons (Fsp3) is 0.0625. The maximum atomic E-state index is 13.5. The van der Waals surface area contributed by atoms with Gasteiger partial charge >= 0.3 is 6.18 Å². The van der Waals surface area contributed by atoms with Crippen molar-refractivity contribution in [1.29, 1.82) is 0 Å². The van der Waals surface area contributed by atoms with Crippen LogP contribution in [0, 0.1) is 5.82 Å². The predicted octanol–water partition coefficient (Wildman–Crippen LogP) is 5.35. The lowest BCUT2D eigenvalue weighted by molar-refractivity contribution is -0.139. The monoisotopic (exact) mass is 353 g/mol. The van der Waals surface area contributed by atoms with E-state index in [9.17, 15) is 17.6 Å². The van der Waals surface area contributed by atoms with Gasteiger partial charge < -0.3 is 9.71 Å². The molecule has 0 fully saturated rings. The number of rotatable bonds is 4. The molecule has 0 saturated carbocycles. The third-order valence-corrected chi connectivity index (χ3v) is 3.97. The van der Waals surface area contributed by atoms with Gasteiger partial charge in [0.1, 0.15) is 5.82 Å². The lowest BCUT2D eigenvalue weighted by Gasteiger charge is -2.10. The molecule has 0 atom stereocenters. The van der Waals surface area contributed by atoms with E-state index in [-0.39, 0.29) is 5.69 Å². The van der Waals surface area contributed by atoms with Crippen LogP contribution < -0.4 is 4.72 Å². The molecule has 24 heavy (non-hydrogen) atoms. The normalized spacial score (nSPS) is 11.5. The molecule has 124 valence electrons. The molecule has 3 rings (SSSR count). The highest BCUT2D eigenvalue weighted by Crippen LogP contribution is 2.33. The van der Waals surface area contributed by atoms with E-state index in [4.69, 9.17) is 0 Å². The number of alkyl halides is 3. The van der Waals surface area contributed by atoms with Crippen molar-refractivity contribution in [2.45, 2.75) is 11.1 Å². The highest BCUT2D eigenvalue weighted by atomic mass is 32.2. The minimum Gasteiger partial charge on any atom is -0.359 e. The molecule has 3 aromatic rings. The van der Waals surface area contributed by atoms with Crippen LogP contribution in [0.5, 0.6) is 0 Å². The first-order valence-corrected chi connectivity index (χ1v) is 7.64. The average molecular weight is 353 g/mol. The van der Waals surface area contributed by atoms with Gasteiger partial charge in [-0.05, 0) is 48.3 Å². The first-order chi connectivity index (χ1) is 11.4. The highest BCUT2D eigenvalue weighted by Gasteiger charge is 2.33. The van der Waals surface area contributed by atoms with Gasteiger partial charge in [-0.15, -0.1) is 0 Å². The van der Waals surface area contributed by atoms with Crippen LogP contribution in [0.15, 0.2) is 59.8 Å². The van der Waals surface area contributed by atoms with Crippen LogP contribution >= 0.6 is 11.9 Å². The standard InChI is InChI=1S/C16H11F4N3S/c17-13-7-10(4-5-12(13)16(18,19)20)23-24-11-8-15(22-9-11)14-3-1-2-6-21-14/h1-9,22-23H. The van der Waals surface area contributed by atoms with Crippen LogP contribution in [0.4, 0.5) is 23.2 Å². The Balaban J connectivity index is 1.68. The number of H-pyrrole nitrogens is 1. The van der Waals surface area contributed by atoms with Gasteiger partial charge in [-0.1, -0.05) is 6.07 Å². The maximum Gasteiger partial charge on any atom is 0.419 e. The lowest BCUT2D eigenvalue weighted by Crippen LogP contribution is -2.08. The first kappa shape index (κ1) is 16.4. The van der Waals surface area contributed by atoms with Gasteiger partial charge in [0.05, 0.1) is 17.0 Å². The van der Waals surface area contributed by atoms with E-state index in [1.807, 2.05) is 24.3 Å². The van der Waals surface area contributed by atoms with Crippen molar-refractivity contribution in [2.75, 3.05) is 4.72 Å². The largest absolute Gasteiger partial charge is 0.419 e. The van der Waals surface area contributed by atoms with Crippen molar-refractivity contribution < 1.29 is 17.6 Å². The van der Waals surface area contributed by atoms with E-state index in [1.165, 1.54) is 6.07 Å². The molecule has 0 saturated heterocycles. The minimum absolute atomic E-state index is 0.242. The summed E-state index contributed by atoms with van der Waals surface area (Å²) in [6.45, 7) is 0. The Morgan fingerprint density at radius 3 is 2.58 bits per heavy atom. The van der Waals surface area contributed by atoms with Crippen molar-refractivity contribution in [3.63, 3.8) is 0 Å². The zero-order valence-corrected chi connectivity index (χ0v) is 12.9. The molecular formula is C16H11F4N3S. The van der Waals surface area contributed by atoms with Gasteiger partial charge in [0.25, 0.3) is 0 Å². The Labute approximate surface area is 139 Å². The second-order valence-corrected chi connectivity index (χ2v) is 5.74. The molecule has 0 aliphatic rings. The molecule has 0 amide bonds. The zero-order valence-electron chi connectivity index (χ0n) is 12.1. The fourth-order valence-electron chi connectivity index (χ4n) is 2.03. The van der Waals surface area contributed by atoms with Crippen LogP contribution in [0.3, 0.4) is 0 Å². The van der Waals surface area contributed by atoms with Crippen molar-refractivity contribution in [1.82, 2.24) is 9.97 Å². The number of anilines is 1. The first-order valence-electron chi connectivity index (χ1n) is 6.83. The van der Waals surface area contributed by atoms with Gasteiger partial charge in [0.2, 0.25) is 0 Å². The number of hydrogen-bond acceptors (Lipinski definition) is 3. The highest BCUT2D eigenvalue weighted by molar-refractivity contribution is 8.00. The number of hydrogen-bond donors (Lipinski definition) is 2. The number of aromatic amines is 1. The summed E-state index contributed by atoms with van der Waals surface area (Å²) in [7, 11) is 0. The van der Waals surface area contributed by atoms with E-state index in [0.717, 1.165) is 34.3 Å². The third-order valence-electron chi connectivity index (χ3n) is 3.16. The summed E-state index contributed by atoms with van der Waals surface area (Å²) in [4.78, 5) is 8.05. The molecule has 2 N–H and O–H groups in total. The van der Waals surface area contributed by atoms with Crippen molar-refractivity contribution in [3.8, 4) is 11.4 Å². The van der Waals surface area contributed by atoms with Gasteiger partial charge in [-0.3, -0.25) is 4.98 Å². The van der Waals surface area contributed by atoms with Crippen LogP contribution in [-0.4, -0.2) is 9.97 Å². The Morgan fingerprint density at radius 1 is 1.08 bits per heavy atom. The smallest absolute Gasteiger partial charge is 0.359 e. The molecule has 0 spiro atoms. The summed E-state index contributed by atoms with van der Waals surface area (Å²) >= 11 is 1.15. The molecule has 2 aromatic heterocycles. The number of nitrogens with one attached hydrogen (secondary N) is 2. The second kappa shape index (κ2) is 6.56. The number of pyridine rings is 1. The molecule has 0 aliphatic heterocycles. The maximum absolute atomic E-state index is 13.5. The van der Waals surface area contributed by atoms with Crippen molar-refractivity contribution >= 4 is 17.6 Å². The third kappa shape index (κ3) is 3.70. The van der Waals surface area contributed by atoms with Crippen LogP contribution in [0.2, 0.25) is 0 Å². The molecule has 3 nitrogen and oxygen atoms in total. The summed E-state index contributed by atoms with van der Waals surface area (Å²) in [5, 5.41) is 0. The van der Waals surface area contributed by atoms with Crippen LogP contribution in [0.1, 0.15) is 5.56 Å². The van der Waals surface area contributed by atoms with E-state index in [2.05, 4.69) is 14.7 Å². The fourth-order valence-corrected chi connectivity index (χ4v) is 2.69. The molecule has 2 heterocycles. The zero-order chi connectivity index (χ0) is 17.2. The Kier molecular flexibility index (Phi) is 4.48. The lowest BCUT2D eigenvalue weighted by atomic mass is 10.2. The van der Waals surface area contributed by atoms with Gasteiger partial charge in [-0.2, -0.15) is 13.2 Å². The van der Waals surface area contributed by atoms with E-state index in [0.29, 0.717) is 6.07 Å².